The zero-order valence-electron chi connectivity index (χ0n) is 11.4. The minimum atomic E-state index is 0.541. The van der Waals surface area contributed by atoms with Crippen LogP contribution in [-0.2, 0) is 4.74 Å². The largest absolute Gasteiger partial charge is 0.495 e. The molecule has 106 valence electrons. The molecule has 0 spiro atoms. The van der Waals surface area contributed by atoms with E-state index < -0.39 is 0 Å². The highest BCUT2D eigenvalue weighted by Crippen LogP contribution is 2.36. The van der Waals surface area contributed by atoms with E-state index in [-0.39, 0.29) is 0 Å². The van der Waals surface area contributed by atoms with Gasteiger partial charge in [-0.1, -0.05) is 11.6 Å². The Morgan fingerprint density at radius 2 is 2.11 bits per heavy atom. The second kappa shape index (κ2) is 6.87. The highest BCUT2D eigenvalue weighted by Gasteiger charge is 2.15. The average Bonchev–Trinajstić information content (AvgIpc) is 2.46. The molecule has 1 aliphatic rings. The first-order valence-electron chi connectivity index (χ1n) is 6.47. The van der Waals surface area contributed by atoms with E-state index in [9.17, 15) is 0 Å². The van der Waals surface area contributed by atoms with Gasteiger partial charge in [0.05, 0.1) is 31.5 Å². The van der Waals surface area contributed by atoms with Crippen molar-refractivity contribution in [3.8, 4) is 11.5 Å². The van der Waals surface area contributed by atoms with E-state index in [2.05, 4.69) is 5.32 Å². The van der Waals surface area contributed by atoms with Gasteiger partial charge in [-0.2, -0.15) is 0 Å². The summed E-state index contributed by atoms with van der Waals surface area (Å²) in [6.45, 7) is 2.56. The molecular formula is C14H20ClNO3. The maximum Gasteiger partial charge on any atom is 0.145 e. The molecule has 0 amide bonds. The van der Waals surface area contributed by atoms with Gasteiger partial charge in [-0.25, -0.2) is 0 Å². The van der Waals surface area contributed by atoms with Gasteiger partial charge in [-0.05, 0) is 24.8 Å². The van der Waals surface area contributed by atoms with E-state index in [1.807, 2.05) is 6.07 Å². The smallest absolute Gasteiger partial charge is 0.145 e. The first-order valence-corrected chi connectivity index (χ1v) is 6.85. The predicted octanol–water partition coefficient (Wildman–Crippen LogP) is 3.20. The van der Waals surface area contributed by atoms with Crippen LogP contribution in [0.5, 0.6) is 11.5 Å². The molecule has 1 aromatic carbocycles. The van der Waals surface area contributed by atoms with Crippen LogP contribution in [0, 0.1) is 5.92 Å². The van der Waals surface area contributed by atoms with Gasteiger partial charge < -0.3 is 19.5 Å². The Kier molecular flexibility index (Phi) is 5.16. The molecule has 4 nitrogen and oxygen atoms in total. The molecule has 1 atom stereocenters. The van der Waals surface area contributed by atoms with Crippen LogP contribution in [0.3, 0.4) is 0 Å². The van der Waals surface area contributed by atoms with Crippen molar-refractivity contribution in [1.82, 2.24) is 0 Å². The van der Waals surface area contributed by atoms with E-state index in [1.165, 1.54) is 6.42 Å². The molecule has 1 aromatic rings. The highest BCUT2D eigenvalue weighted by atomic mass is 35.5. The summed E-state index contributed by atoms with van der Waals surface area (Å²) in [5, 5.41) is 3.96. The Morgan fingerprint density at radius 1 is 1.32 bits per heavy atom. The number of hydrogen-bond donors (Lipinski definition) is 1. The molecule has 1 heterocycles. The topological polar surface area (TPSA) is 39.7 Å². The van der Waals surface area contributed by atoms with Crippen molar-refractivity contribution in [1.29, 1.82) is 0 Å². The van der Waals surface area contributed by atoms with Gasteiger partial charge in [0.25, 0.3) is 0 Å². The number of nitrogens with one attached hydrogen (secondary N) is 1. The lowest BCUT2D eigenvalue weighted by molar-refractivity contribution is 0.0595. The quantitative estimate of drug-likeness (QED) is 0.902. The summed E-state index contributed by atoms with van der Waals surface area (Å²) in [6, 6.07) is 3.63. The van der Waals surface area contributed by atoms with E-state index in [1.54, 1.807) is 20.3 Å². The molecule has 1 saturated heterocycles. The molecule has 19 heavy (non-hydrogen) atoms. The minimum absolute atomic E-state index is 0.541. The van der Waals surface area contributed by atoms with Crippen LogP contribution >= 0.6 is 11.6 Å². The lowest BCUT2D eigenvalue weighted by Crippen LogP contribution is -2.24. The second-order valence-electron chi connectivity index (χ2n) is 4.65. The van der Waals surface area contributed by atoms with E-state index in [0.717, 1.165) is 37.6 Å². The molecule has 0 aliphatic carbocycles. The molecule has 0 aromatic heterocycles. The molecule has 0 saturated carbocycles. The average molecular weight is 286 g/mol. The summed E-state index contributed by atoms with van der Waals surface area (Å²) in [4.78, 5) is 0. The van der Waals surface area contributed by atoms with Gasteiger partial charge in [-0.15, -0.1) is 0 Å². The Balaban J connectivity index is 2.04. The van der Waals surface area contributed by atoms with Gasteiger partial charge in [0.15, 0.2) is 0 Å². The van der Waals surface area contributed by atoms with Crippen LogP contribution in [0.2, 0.25) is 5.02 Å². The summed E-state index contributed by atoms with van der Waals surface area (Å²) in [7, 11) is 3.23. The molecule has 1 fully saturated rings. The number of ether oxygens (including phenoxy) is 3. The maximum absolute atomic E-state index is 6.13. The van der Waals surface area contributed by atoms with Crippen LogP contribution in [-0.4, -0.2) is 34.0 Å². The van der Waals surface area contributed by atoms with E-state index in [4.69, 9.17) is 25.8 Å². The van der Waals surface area contributed by atoms with Crippen molar-refractivity contribution in [3.63, 3.8) is 0 Å². The van der Waals surface area contributed by atoms with Crippen LogP contribution < -0.4 is 14.8 Å². The molecule has 5 heteroatoms. The Bertz CT molecular complexity index is 419. The second-order valence-corrected chi connectivity index (χ2v) is 5.06. The van der Waals surface area contributed by atoms with E-state index >= 15 is 0 Å². The summed E-state index contributed by atoms with van der Waals surface area (Å²) in [5.74, 6) is 1.89. The van der Waals surface area contributed by atoms with Crippen molar-refractivity contribution in [2.45, 2.75) is 12.8 Å². The van der Waals surface area contributed by atoms with Crippen molar-refractivity contribution in [2.24, 2.45) is 5.92 Å². The first-order chi connectivity index (χ1) is 9.24. The third-order valence-electron chi connectivity index (χ3n) is 3.31. The van der Waals surface area contributed by atoms with Crippen molar-refractivity contribution >= 4 is 17.3 Å². The molecule has 1 N–H and O–H groups in total. The minimum Gasteiger partial charge on any atom is -0.495 e. The Hall–Kier alpha value is -1.13. The Labute approximate surface area is 119 Å². The number of benzene rings is 1. The van der Waals surface area contributed by atoms with Crippen LogP contribution in [0.25, 0.3) is 0 Å². The molecule has 2 rings (SSSR count). The normalized spacial score (nSPS) is 19.0. The molecule has 1 unspecified atom stereocenters. The summed E-state index contributed by atoms with van der Waals surface area (Å²) >= 11 is 6.13. The third kappa shape index (κ3) is 3.67. The Morgan fingerprint density at radius 3 is 2.74 bits per heavy atom. The lowest BCUT2D eigenvalue weighted by Gasteiger charge is -2.23. The number of anilines is 1. The number of rotatable bonds is 5. The SMILES string of the molecule is COc1cc(OC)c(NCC2CCCOC2)cc1Cl. The fraction of sp³-hybridized carbons (Fsp3) is 0.571. The monoisotopic (exact) mass is 285 g/mol. The number of methoxy groups -OCH3 is 2. The molecule has 0 radical (unpaired) electrons. The zero-order chi connectivity index (χ0) is 13.7. The van der Waals surface area contributed by atoms with Gasteiger partial charge >= 0.3 is 0 Å². The summed E-state index contributed by atoms with van der Waals surface area (Å²) in [5.41, 5.74) is 0.888. The van der Waals surface area contributed by atoms with Gasteiger partial charge in [-0.3, -0.25) is 0 Å². The van der Waals surface area contributed by atoms with Crippen LogP contribution in [0.4, 0.5) is 5.69 Å². The maximum atomic E-state index is 6.13. The fourth-order valence-corrected chi connectivity index (χ4v) is 2.46. The first kappa shape index (κ1) is 14.3. The highest BCUT2D eigenvalue weighted by molar-refractivity contribution is 6.32. The lowest BCUT2D eigenvalue weighted by atomic mass is 10.0. The van der Waals surface area contributed by atoms with Gasteiger partial charge in [0.1, 0.15) is 11.5 Å². The zero-order valence-corrected chi connectivity index (χ0v) is 12.1. The van der Waals surface area contributed by atoms with Crippen molar-refractivity contribution < 1.29 is 14.2 Å². The number of hydrogen-bond acceptors (Lipinski definition) is 4. The molecule has 1 aliphatic heterocycles. The number of halogens is 1. The van der Waals surface area contributed by atoms with Crippen molar-refractivity contribution in [3.05, 3.63) is 17.2 Å². The molecular weight excluding hydrogens is 266 g/mol. The third-order valence-corrected chi connectivity index (χ3v) is 3.61. The van der Waals surface area contributed by atoms with Gasteiger partial charge in [0.2, 0.25) is 0 Å². The fourth-order valence-electron chi connectivity index (χ4n) is 2.22. The van der Waals surface area contributed by atoms with Crippen LogP contribution in [0.15, 0.2) is 12.1 Å². The summed E-state index contributed by atoms with van der Waals surface area (Å²) in [6.07, 6.45) is 2.33. The standard InChI is InChI=1S/C14H20ClNO3/c1-17-13-7-14(18-2)12(6-11(13)15)16-8-10-4-3-5-19-9-10/h6-7,10,16H,3-5,8-9H2,1-2H3. The molecule has 0 bridgehead atoms. The van der Waals surface area contributed by atoms with E-state index in [0.29, 0.717) is 16.7 Å². The van der Waals surface area contributed by atoms with Crippen LogP contribution in [0.1, 0.15) is 12.8 Å². The summed E-state index contributed by atoms with van der Waals surface area (Å²) < 4.78 is 16.0. The van der Waals surface area contributed by atoms with Crippen molar-refractivity contribution in [2.75, 3.05) is 39.3 Å². The predicted molar refractivity (Wildman–Crippen MR) is 76.6 cm³/mol. The van der Waals surface area contributed by atoms with Gasteiger partial charge in [0, 0.05) is 19.2 Å².